The lowest BCUT2D eigenvalue weighted by molar-refractivity contribution is 0.102. The van der Waals surface area contributed by atoms with Crippen molar-refractivity contribution < 1.29 is 9.53 Å². The number of methoxy groups -OCH3 is 1. The van der Waals surface area contributed by atoms with Crippen LogP contribution in [0.4, 0.5) is 5.69 Å². The van der Waals surface area contributed by atoms with Crippen LogP contribution < -0.4 is 10.1 Å². The molecule has 0 fully saturated rings. The van der Waals surface area contributed by atoms with Crippen LogP contribution in [0.1, 0.15) is 22.8 Å². The highest BCUT2D eigenvalue weighted by atomic mass is 16.5. The zero-order valence-electron chi connectivity index (χ0n) is 11.0. The van der Waals surface area contributed by atoms with Crippen LogP contribution >= 0.6 is 0 Å². The Kier molecular flexibility index (Phi) is 4.13. The van der Waals surface area contributed by atoms with Gasteiger partial charge in [0.25, 0.3) is 5.91 Å². The van der Waals surface area contributed by atoms with Gasteiger partial charge in [-0.3, -0.25) is 4.79 Å². The molecule has 0 saturated heterocycles. The molecule has 0 aliphatic carbocycles. The number of nitrogens with zero attached hydrogens (tertiary/aromatic N) is 1. The Balaban J connectivity index is 2.16. The molecule has 98 valence electrons. The second-order valence-electron chi connectivity index (χ2n) is 4.05. The molecule has 4 heteroatoms. The quantitative estimate of drug-likeness (QED) is 0.915. The number of anilines is 1. The average Bonchev–Trinajstić information content (AvgIpc) is 2.48. The second-order valence-corrected chi connectivity index (χ2v) is 4.05. The summed E-state index contributed by atoms with van der Waals surface area (Å²) in [6.45, 7) is 2.06. The molecule has 0 unspecified atom stereocenters. The molecule has 19 heavy (non-hydrogen) atoms. The van der Waals surface area contributed by atoms with Crippen molar-refractivity contribution in [3.63, 3.8) is 0 Å². The van der Waals surface area contributed by atoms with Crippen molar-refractivity contribution in [2.75, 3.05) is 12.4 Å². The minimum absolute atomic E-state index is 0.170. The van der Waals surface area contributed by atoms with E-state index < -0.39 is 0 Å². The standard InChI is InChI=1S/C15H16N2O2/c1-3-11-6-4-5-7-13(11)17-15(18)12-8-9-14(19-2)16-10-12/h4-10H,3H2,1-2H3,(H,17,18). The van der Waals surface area contributed by atoms with Crippen molar-refractivity contribution in [3.05, 3.63) is 53.7 Å². The number of hydrogen-bond donors (Lipinski definition) is 1. The molecular weight excluding hydrogens is 240 g/mol. The number of pyridine rings is 1. The van der Waals surface area contributed by atoms with E-state index in [4.69, 9.17) is 4.74 Å². The molecule has 0 aliphatic heterocycles. The highest BCUT2D eigenvalue weighted by molar-refractivity contribution is 6.04. The molecule has 1 amide bonds. The summed E-state index contributed by atoms with van der Waals surface area (Å²) in [5, 5.41) is 2.90. The van der Waals surface area contributed by atoms with Crippen LogP contribution in [-0.4, -0.2) is 18.0 Å². The normalized spacial score (nSPS) is 10.0. The number of para-hydroxylation sites is 1. The summed E-state index contributed by atoms with van der Waals surface area (Å²) >= 11 is 0. The SMILES string of the molecule is CCc1ccccc1NC(=O)c1ccc(OC)nc1. The number of amides is 1. The lowest BCUT2D eigenvalue weighted by Gasteiger charge is -2.09. The van der Waals surface area contributed by atoms with Gasteiger partial charge < -0.3 is 10.1 Å². The van der Waals surface area contributed by atoms with Gasteiger partial charge in [0.1, 0.15) is 0 Å². The van der Waals surface area contributed by atoms with Crippen LogP contribution in [0.15, 0.2) is 42.6 Å². The molecule has 2 rings (SSSR count). The Morgan fingerprint density at radius 3 is 2.68 bits per heavy atom. The van der Waals surface area contributed by atoms with Crippen LogP contribution in [0.5, 0.6) is 5.88 Å². The van der Waals surface area contributed by atoms with Gasteiger partial charge in [-0.15, -0.1) is 0 Å². The summed E-state index contributed by atoms with van der Waals surface area (Å²) in [6, 6.07) is 11.1. The fraction of sp³-hybridized carbons (Fsp3) is 0.200. The monoisotopic (exact) mass is 256 g/mol. The van der Waals surface area contributed by atoms with Crippen molar-refractivity contribution in [1.82, 2.24) is 4.98 Å². The average molecular weight is 256 g/mol. The highest BCUT2D eigenvalue weighted by Crippen LogP contribution is 2.17. The Morgan fingerprint density at radius 2 is 2.05 bits per heavy atom. The van der Waals surface area contributed by atoms with Crippen LogP contribution in [-0.2, 0) is 6.42 Å². The van der Waals surface area contributed by atoms with Gasteiger partial charge in [0.05, 0.1) is 12.7 Å². The molecule has 0 spiro atoms. The molecule has 0 saturated carbocycles. The van der Waals surface area contributed by atoms with Gasteiger partial charge in [-0.1, -0.05) is 25.1 Å². The summed E-state index contributed by atoms with van der Waals surface area (Å²) in [5.41, 5.74) is 2.45. The molecule has 0 bridgehead atoms. The third-order valence-electron chi connectivity index (χ3n) is 2.85. The number of hydrogen-bond acceptors (Lipinski definition) is 3. The predicted molar refractivity (Wildman–Crippen MR) is 74.6 cm³/mol. The Morgan fingerprint density at radius 1 is 1.26 bits per heavy atom. The zero-order valence-corrected chi connectivity index (χ0v) is 11.0. The largest absolute Gasteiger partial charge is 0.481 e. The first-order chi connectivity index (χ1) is 9.24. The van der Waals surface area contributed by atoms with Gasteiger partial charge in [0.2, 0.25) is 5.88 Å². The molecular formula is C15H16N2O2. The van der Waals surface area contributed by atoms with E-state index in [2.05, 4.69) is 17.2 Å². The number of carbonyl (C=O) groups excluding carboxylic acids is 1. The van der Waals surface area contributed by atoms with Crippen LogP contribution in [0, 0.1) is 0 Å². The zero-order chi connectivity index (χ0) is 13.7. The van der Waals surface area contributed by atoms with E-state index in [0.29, 0.717) is 11.4 Å². The summed E-state index contributed by atoms with van der Waals surface area (Å²) in [7, 11) is 1.54. The predicted octanol–water partition coefficient (Wildman–Crippen LogP) is 2.90. The van der Waals surface area contributed by atoms with Crippen molar-refractivity contribution in [1.29, 1.82) is 0 Å². The Bertz CT molecular complexity index is 565. The van der Waals surface area contributed by atoms with E-state index in [-0.39, 0.29) is 5.91 Å². The lowest BCUT2D eigenvalue weighted by Crippen LogP contribution is -2.13. The smallest absolute Gasteiger partial charge is 0.257 e. The summed E-state index contributed by atoms with van der Waals surface area (Å²) in [5.74, 6) is 0.321. The maximum absolute atomic E-state index is 12.1. The summed E-state index contributed by atoms with van der Waals surface area (Å²) < 4.78 is 4.96. The lowest BCUT2D eigenvalue weighted by atomic mass is 10.1. The third kappa shape index (κ3) is 3.10. The first-order valence-electron chi connectivity index (χ1n) is 6.14. The summed E-state index contributed by atoms with van der Waals surface area (Å²) in [4.78, 5) is 16.1. The highest BCUT2D eigenvalue weighted by Gasteiger charge is 2.08. The van der Waals surface area contributed by atoms with Crippen LogP contribution in [0.25, 0.3) is 0 Å². The van der Waals surface area contributed by atoms with Crippen LogP contribution in [0.3, 0.4) is 0 Å². The molecule has 0 radical (unpaired) electrons. The molecule has 2 aromatic rings. The molecule has 0 atom stereocenters. The van der Waals surface area contributed by atoms with Crippen molar-refractivity contribution in [2.45, 2.75) is 13.3 Å². The first kappa shape index (κ1) is 13.1. The minimum atomic E-state index is -0.170. The van der Waals surface area contributed by atoms with Gasteiger partial charge in [0.15, 0.2) is 0 Å². The van der Waals surface area contributed by atoms with Crippen molar-refractivity contribution in [2.24, 2.45) is 0 Å². The Labute approximate surface area is 112 Å². The number of aryl methyl sites for hydroxylation is 1. The van der Waals surface area contributed by atoms with Gasteiger partial charge in [-0.25, -0.2) is 4.98 Å². The molecule has 4 nitrogen and oxygen atoms in total. The van der Waals surface area contributed by atoms with Gasteiger partial charge >= 0.3 is 0 Å². The Hall–Kier alpha value is -2.36. The number of ether oxygens (including phenoxy) is 1. The fourth-order valence-electron chi connectivity index (χ4n) is 1.78. The maximum atomic E-state index is 12.1. The van der Waals surface area contributed by atoms with Gasteiger partial charge in [-0.05, 0) is 24.1 Å². The fourth-order valence-corrected chi connectivity index (χ4v) is 1.78. The van der Waals surface area contributed by atoms with Crippen molar-refractivity contribution in [3.8, 4) is 5.88 Å². The molecule has 1 heterocycles. The number of rotatable bonds is 4. The maximum Gasteiger partial charge on any atom is 0.257 e. The topological polar surface area (TPSA) is 51.2 Å². The van der Waals surface area contributed by atoms with E-state index in [1.807, 2.05) is 24.3 Å². The van der Waals surface area contributed by atoms with E-state index in [0.717, 1.165) is 17.7 Å². The third-order valence-corrected chi connectivity index (χ3v) is 2.85. The number of aromatic nitrogens is 1. The van der Waals surface area contributed by atoms with E-state index in [1.165, 1.54) is 6.20 Å². The minimum Gasteiger partial charge on any atom is -0.481 e. The molecule has 1 aromatic carbocycles. The summed E-state index contributed by atoms with van der Waals surface area (Å²) in [6.07, 6.45) is 2.38. The van der Waals surface area contributed by atoms with Gasteiger partial charge in [0, 0.05) is 18.0 Å². The molecule has 1 N–H and O–H groups in total. The second kappa shape index (κ2) is 6.00. The number of benzene rings is 1. The van der Waals surface area contributed by atoms with Gasteiger partial charge in [-0.2, -0.15) is 0 Å². The number of carbonyl (C=O) groups is 1. The van der Waals surface area contributed by atoms with E-state index >= 15 is 0 Å². The van der Waals surface area contributed by atoms with E-state index in [1.54, 1.807) is 19.2 Å². The molecule has 0 aliphatic rings. The molecule has 1 aromatic heterocycles. The number of nitrogens with one attached hydrogen (secondary N) is 1. The van der Waals surface area contributed by atoms with Crippen LogP contribution in [0.2, 0.25) is 0 Å². The first-order valence-corrected chi connectivity index (χ1v) is 6.14. The van der Waals surface area contributed by atoms with Crippen molar-refractivity contribution >= 4 is 11.6 Å². The van der Waals surface area contributed by atoms with E-state index in [9.17, 15) is 4.79 Å².